The highest BCUT2D eigenvalue weighted by Crippen LogP contribution is 2.24. The highest BCUT2D eigenvalue weighted by Gasteiger charge is 2.13. The van der Waals surface area contributed by atoms with Gasteiger partial charge < -0.3 is 9.53 Å². The summed E-state index contributed by atoms with van der Waals surface area (Å²) in [6, 6.07) is 5.24. The zero-order valence-corrected chi connectivity index (χ0v) is 10.8. The molecule has 0 aliphatic rings. The molecule has 16 heavy (non-hydrogen) atoms. The Bertz CT molecular complexity index is 413. The average Bonchev–Trinajstić information content (AvgIpc) is 2.25. The van der Waals surface area contributed by atoms with Gasteiger partial charge in [-0.15, -0.1) is 0 Å². The van der Waals surface area contributed by atoms with Crippen molar-refractivity contribution in [2.24, 2.45) is 0 Å². The summed E-state index contributed by atoms with van der Waals surface area (Å²) in [7, 11) is 1.52. The van der Waals surface area contributed by atoms with Gasteiger partial charge in [0.25, 0.3) is 0 Å². The second kappa shape index (κ2) is 5.80. The molecule has 0 aliphatic carbocycles. The highest BCUT2D eigenvalue weighted by molar-refractivity contribution is 9.10. The Hall–Kier alpha value is -1.16. The topological polar surface area (TPSA) is 43.4 Å². The van der Waals surface area contributed by atoms with Crippen molar-refractivity contribution in [1.29, 1.82) is 0 Å². The molecule has 0 amide bonds. The van der Waals surface area contributed by atoms with E-state index in [1.807, 2.05) is 0 Å². The first-order valence-electron chi connectivity index (χ1n) is 4.90. The largest absolute Gasteiger partial charge is 0.496 e. The Morgan fingerprint density at radius 3 is 2.56 bits per heavy atom. The van der Waals surface area contributed by atoms with Crippen LogP contribution in [-0.2, 0) is 4.79 Å². The SMILES string of the molecule is COc1ccc(Br)cc1C(=O)CCC(C)=O. The summed E-state index contributed by atoms with van der Waals surface area (Å²) in [4.78, 5) is 22.6. The molecule has 0 atom stereocenters. The molecular weight excluding hydrogens is 272 g/mol. The molecule has 0 radical (unpaired) electrons. The van der Waals surface area contributed by atoms with E-state index in [0.717, 1.165) is 4.47 Å². The second-order valence-electron chi connectivity index (χ2n) is 3.47. The number of methoxy groups -OCH3 is 1. The number of carbonyl (C=O) groups excluding carboxylic acids is 2. The molecule has 1 aromatic rings. The van der Waals surface area contributed by atoms with E-state index >= 15 is 0 Å². The van der Waals surface area contributed by atoms with Crippen LogP contribution in [0.1, 0.15) is 30.1 Å². The van der Waals surface area contributed by atoms with Crippen molar-refractivity contribution in [3.8, 4) is 5.75 Å². The fourth-order valence-corrected chi connectivity index (χ4v) is 1.68. The van der Waals surface area contributed by atoms with E-state index in [1.54, 1.807) is 18.2 Å². The molecule has 0 heterocycles. The van der Waals surface area contributed by atoms with E-state index in [9.17, 15) is 9.59 Å². The van der Waals surface area contributed by atoms with E-state index in [-0.39, 0.29) is 24.4 Å². The maximum Gasteiger partial charge on any atom is 0.167 e. The van der Waals surface area contributed by atoms with Gasteiger partial charge >= 0.3 is 0 Å². The van der Waals surface area contributed by atoms with Gasteiger partial charge in [0.1, 0.15) is 11.5 Å². The van der Waals surface area contributed by atoms with E-state index in [2.05, 4.69) is 15.9 Å². The van der Waals surface area contributed by atoms with Crippen LogP contribution in [0.4, 0.5) is 0 Å². The van der Waals surface area contributed by atoms with Gasteiger partial charge in [-0.05, 0) is 25.1 Å². The molecule has 0 fully saturated rings. The number of ether oxygens (including phenoxy) is 1. The van der Waals surface area contributed by atoms with Crippen LogP contribution in [0.5, 0.6) is 5.75 Å². The van der Waals surface area contributed by atoms with Crippen LogP contribution in [0.15, 0.2) is 22.7 Å². The predicted molar refractivity (Wildman–Crippen MR) is 64.9 cm³/mol. The summed E-state index contributed by atoms with van der Waals surface area (Å²) in [5, 5.41) is 0. The first-order valence-corrected chi connectivity index (χ1v) is 5.70. The van der Waals surface area contributed by atoms with Crippen molar-refractivity contribution in [2.75, 3.05) is 7.11 Å². The maximum atomic E-state index is 11.8. The molecule has 1 aromatic carbocycles. The molecular formula is C12H13BrO3. The Morgan fingerprint density at radius 1 is 1.31 bits per heavy atom. The average molecular weight is 285 g/mol. The number of Topliss-reactive ketones (excluding diaryl/α,β-unsaturated/α-hetero) is 2. The summed E-state index contributed by atoms with van der Waals surface area (Å²) in [6.07, 6.45) is 0.497. The summed E-state index contributed by atoms with van der Waals surface area (Å²) in [5.41, 5.74) is 0.512. The number of benzene rings is 1. The van der Waals surface area contributed by atoms with Crippen LogP contribution in [-0.4, -0.2) is 18.7 Å². The van der Waals surface area contributed by atoms with E-state index in [1.165, 1.54) is 14.0 Å². The number of hydrogen-bond donors (Lipinski definition) is 0. The normalized spacial score (nSPS) is 9.94. The third-order valence-corrected chi connectivity index (χ3v) is 2.66. The maximum absolute atomic E-state index is 11.8. The Kier molecular flexibility index (Phi) is 4.68. The predicted octanol–water partition coefficient (Wildman–Crippen LogP) is 3.01. The summed E-state index contributed by atoms with van der Waals surface area (Å²) in [6.45, 7) is 1.48. The molecule has 0 bridgehead atoms. The van der Waals surface area contributed by atoms with Crippen LogP contribution in [0.3, 0.4) is 0 Å². The molecule has 86 valence electrons. The molecule has 0 unspecified atom stereocenters. The summed E-state index contributed by atoms with van der Waals surface area (Å²) < 4.78 is 5.92. The molecule has 0 saturated carbocycles. The zero-order valence-electron chi connectivity index (χ0n) is 9.25. The molecule has 3 nitrogen and oxygen atoms in total. The van der Waals surface area contributed by atoms with E-state index < -0.39 is 0 Å². The molecule has 0 N–H and O–H groups in total. The smallest absolute Gasteiger partial charge is 0.167 e. The molecule has 0 saturated heterocycles. The van der Waals surface area contributed by atoms with Gasteiger partial charge in [-0.1, -0.05) is 15.9 Å². The van der Waals surface area contributed by atoms with Crippen LogP contribution in [0.25, 0.3) is 0 Å². The minimum absolute atomic E-state index is 0.0160. The molecule has 0 aliphatic heterocycles. The lowest BCUT2D eigenvalue weighted by molar-refractivity contribution is -0.116. The van der Waals surface area contributed by atoms with Crippen molar-refractivity contribution >= 4 is 27.5 Å². The Balaban J connectivity index is 2.88. The quantitative estimate of drug-likeness (QED) is 0.781. The van der Waals surface area contributed by atoms with Crippen molar-refractivity contribution in [2.45, 2.75) is 19.8 Å². The number of halogens is 1. The molecule has 4 heteroatoms. The van der Waals surface area contributed by atoms with Crippen molar-refractivity contribution in [3.63, 3.8) is 0 Å². The molecule has 1 rings (SSSR count). The molecule has 0 aromatic heterocycles. The zero-order chi connectivity index (χ0) is 12.1. The first-order chi connectivity index (χ1) is 7.54. The van der Waals surface area contributed by atoms with Gasteiger partial charge in [-0.25, -0.2) is 0 Å². The van der Waals surface area contributed by atoms with Gasteiger partial charge in [0, 0.05) is 17.3 Å². The third kappa shape index (κ3) is 3.45. The fraction of sp³-hybridized carbons (Fsp3) is 0.333. The lowest BCUT2D eigenvalue weighted by Gasteiger charge is -2.07. The standard InChI is InChI=1S/C12H13BrO3/c1-8(14)3-5-11(15)10-7-9(13)4-6-12(10)16-2/h4,6-7H,3,5H2,1-2H3. The number of rotatable bonds is 5. The van der Waals surface area contributed by atoms with Crippen molar-refractivity contribution in [1.82, 2.24) is 0 Å². The number of carbonyl (C=O) groups is 2. The third-order valence-electron chi connectivity index (χ3n) is 2.17. The first kappa shape index (κ1) is 12.9. The highest BCUT2D eigenvalue weighted by atomic mass is 79.9. The monoisotopic (exact) mass is 284 g/mol. The van der Waals surface area contributed by atoms with Crippen molar-refractivity contribution in [3.05, 3.63) is 28.2 Å². The Labute approximate surface area is 103 Å². The second-order valence-corrected chi connectivity index (χ2v) is 4.39. The number of ketones is 2. The van der Waals surface area contributed by atoms with Gasteiger partial charge in [-0.2, -0.15) is 0 Å². The van der Waals surface area contributed by atoms with E-state index in [4.69, 9.17) is 4.74 Å². The summed E-state index contributed by atoms with van der Waals surface area (Å²) >= 11 is 3.30. The Morgan fingerprint density at radius 2 is 2.00 bits per heavy atom. The van der Waals surface area contributed by atoms with Gasteiger partial charge in [0.15, 0.2) is 5.78 Å². The van der Waals surface area contributed by atoms with Gasteiger partial charge in [-0.3, -0.25) is 4.79 Å². The van der Waals surface area contributed by atoms with Crippen LogP contribution >= 0.6 is 15.9 Å². The van der Waals surface area contributed by atoms with Gasteiger partial charge in [0.2, 0.25) is 0 Å². The lowest BCUT2D eigenvalue weighted by Crippen LogP contribution is -2.04. The van der Waals surface area contributed by atoms with Gasteiger partial charge in [0.05, 0.1) is 12.7 Å². The van der Waals surface area contributed by atoms with Crippen molar-refractivity contribution < 1.29 is 14.3 Å². The van der Waals surface area contributed by atoms with E-state index in [0.29, 0.717) is 11.3 Å². The minimum Gasteiger partial charge on any atom is -0.496 e. The van der Waals surface area contributed by atoms with Crippen LogP contribution in [0, 0.1) is 0 Å². The van der Waals surface area contributed by atoms with Crippen LogP contribution in [0.2, 0.25) is 0 Å². The van der Waals surface area contributed by atoms with Crippen LogP contribution < -0.4 is 4.74 Å². The molecule has 0 spiro atoms. The lowest BCUT2D eigenvalue weighted by atomic mass is 10.0. The minimum atomic E-state index is -0.0756. The number of hydrogen-bond acceptors (Lipinski definition) is 3. The summed E-state index contributed by atoms with van der Waals surface area (Å²) in [5.74, 6) is 0.479. The fourth-order valence-electron chi connectivity index (χ4n) is 1.32.